The molecule has 3 saturated heterocycles. The Kier molecular flexibility index (Phi) is 11.8. The summed E-state index contributed by atoms with van der Waals surface area (Å²) in [6, 6.07) is 0. The number of esters is 2. The van der Waals surface area contributed by atoms with Gasteiger partial charge in [0.25, 0.3) is 0 Å². The molecule has 8 aliphatic rings. The first-order valence-corrected chi connectivity index (χ1v) is 21.7. The number of hydrogen-bond acceptors (Lipinski definition) is 14. The Balaban J connectivity index is 0.819. The molecule has 0 radical (unpaired) electrons. The Morgan fingerprint density at radius 2 is 1.39 bits per heavy atom. The van der Waals surface area contributed by atoms with Gasteiger partial charge in [0.15, 0.2) is 18.9 Å². The average molecular weight is 807 g/mol. The molecule has 14 heteroatoms. The molecule has 57 heavy (non-hydrogen) atoms. The number of rotatable bonds is 8. The van der Waals surface area contributed by atoms with Crippen molar-refractivity contribution in [3.05, 3.63) is 11.6 Å². The van der Waals surface area contributed by atoms with E-state index in [-0.39, 0.29) is 54.0 Å². The smallest absolute Gasteiger partial charge is 0.331 e. The zero-order chi connectivity index (χ0) is 40.6. The summed E-state index contributed by atoms with van der Waals surface area (Å²) < 4.78 is 47.8. The van der Waals surface area contributed by atoms with Gasteiger partial charge in [0.2, 0.25) is 0 Å². The SMILES string of the molecule is CC(=O)O[C@H]1C[C@H](O[C@H]2[C@@H](O)C[C@H](O[C@H]3[C@@H](O)C[C@H](O[C@H]4CC[C@@]5(C)C(CC[C@@H]6[C@@H]5CC[C@]5(C)[C@@H](C7=CC(=O)OC7)CC[C@]65O)C4)O[C@@H]3C)O[C@@H]2C)O[C@H](C)[C@H]1O. The molecule has 4 heterocycles. The Bertz CT molecular complexity index is 1500. The standard InChI is InChI=1S/C43H66O14/c1-21-38(48)33(54-24(4)44)19-37(51-21)57-40-23(3)53-36(18-32(40)46)56-39-22(2)52-35(17-31(39)45)55-27-9-12-41(5)26(16-27)7-8-30-29(41)10-13-42(6)28(11-14-43(30,42)49)25-15-34(47)50-20-25/h15,21-23,26-33,35-40,45-46,48-49H,7-14,16-20H2,1-6H3/t21-,22-,23-,26?,27+,28-,29+,30-,31+,32+,33+,35+,36+,37+,38-,39-,40-,41+,42-,43+/m1/s1. The van der Waals surface area contributed by atoms with Crippen LogP contribution < -0.4 is 0 Å². The van der Waals surface area contributed by atoms with Crippen LogP contribution in [0.3, 0.4) is 0 Å². The summed E-state index contributed by atoms with van der Waals surface area (Å²) in [5.41, 5.74) is 0.189. The third-order valence-corrected chi connectivity index (χ3v) is 16.2. The van der Waals surface area contributed by atoms with Crippen LogP contribution in [-0.2, 0) is 47.5 Å². The fourth-order valence-corrected chi connectivity index (χ4v) is 13.1. The van der Waals surface area contributed by atoms with Gasteiger partial charge in [0.05, 0.1) is 42.2 Å². The van der Waals surface area contributed by atoms with Crippen molar-refractivity contribution in [3.63, 3.8) is 0 Å². The molecule has 0 aromatic rings. The second kappa shape index (κ2) is 16.0. The summed E-state index contributed by atoms with van der Waals surface area (Å²) >= 11 is 0. The Hall–Kier alpha value is -1.72. The van der Waals surface area contributed by atoms with Crippen LogP contribution in [0.4, 0.5) is 0 Å². The van der Waals surface area contributed by atoms with Gasteiger partial charge < -0.3 is 58.3 Å². The predicted octanol–water partition coefficient (Wildman–Crippen LogP) is 3.82. The highest BCUT2D eigenvalue weighted by Gasteiger charge is 2.68. The van der Waals surface area contributed by atoms with Crippen molar-refractivity contribution in [1.29, 1.82) is 0 Å². The van der Waals surface area contributed by atoms with Gasteiger partial charge >= 0.3 is 11.9 Å². The molecule has 20 atom stereocenters. The molecular formula is C43H66O14. The Morgan fingerprint density at radius 1 is 0.754 bits per heavy atom. The maximum Gasteiger partial charge on any atom is 0.331 e. The molecule has 4 saturated carbocycles. The topological polar surface area (TPSA) is 189 Å². The van der Waals surface area contributed by atoms with Gasteiger partial charge in [0, 0.05) is 37.7 Å². The van der Waals surface area contributed by atoms with Crippen molar-refractivity contribution < 1.29 is 67.9 Å². The van der Waals surface area contributed by atoms with Gasteiger partial charge in [-0.05, 0) is 113 Å². The summed E-state index contributed by atoms with van der Waals surface area (Å²) in [7, 11) is 0. The molecule has 322 valence electrons. The lowest BCUT2D eigenvalue weighted by molar-refractivity contribution is -0.336. The molecule has 4 N–H and O–H groups in total. The quantitative estimate of drug-likeness (QED) is 0.205. The van der Waals surface area contributed by atoms with Crippen LogP contribution in [0, 0.1) is 34.5 Å². The third-order valence-electron chi connectivity index (χ3n) is 16.2. The first-order chi connectivity index (χ1) is 27.0. The van der Waals surface area contributed by atoms with Crippen LogP contribution in [0.5, 0.6) is 0 Å². The van der Waals surface area contributed by atoms with Crippen molar-refractivity contribution >= 4 is 11.9 Å². The summed E-state index contributed by atoms with van der Waals surface area (Å²) in [5.74, 6) is 0.591. The zero-order valence-electron chi connectivity index (χ0n) is 34.5. The van der Waals surface area contributed by atoms with E-state index in [1.54, 1.807) is 19.9 Å². The van der Waals surface area contributed by atoms with Crippen molar-refractivity contribution in [2.24, 2.45) is 34.5 Å². The van der Waals surface area contributed by atoms with E-state index in [4.69, 9.17) is 37.9 Å². The Morgan fingerprint density at radius 3 is 2.00 bits per heavy atom. The van der Waals surface area contributed by atoms with Crippen LogP contribution in [0.25, 0.3) is 0 Å². The summed E-state index contributed by atoms with van der Waals surface area (Å²) in [6.45, 7) is 11.7. The number of fused-ring (bicyclic) bond motifs is 5. The molecule has 8 rings (SSSR count). The lowest BCUT2D eigenvalue weighted by Crippen LogP contribution is -2.62. The summed E-state index contributed by atoms with van der Waals surface area (Å²) in [5, 5.41) is 45.4. The van der Waals surface area contributed by atoms with Crippen molar-refractivity contribution in [2.75, 3.05) is 6.61 Å². The second-order valence-corrected chi connectivity index (χ2v) is 19.3. The van der Waals surface area contributed by atoms with Crippen LogP contribution in [0.2, 0.25) is 0 Å². The molecule has 0 aromatic heterocycles. The number of cyclic esters (lactones) is 1. The highest BCUT2D eigenvalue weighted by molar-refractivity contribution is 5.85. The lowest BCUT2D eigenvalue weighted by atomic mass is 9.43. The largest absolute Gasteiger partial charge is 0.459 e. The molecule has 0 aromatic carbocycles. The third kappa shape index (κ3) is 7.65. The van der Waals surface area contributed by atoms with Crippen LogP contribution in [0.15, 0.2) is 11.6 Å². The number of ether oxygens (including phenoxy) is 8. The molecule has 0 bridgehead atoms. The van der Waals surface area contributed by atoms with E-state index < -0.39 is 85.4 Å². The van der Waals surface area contributed by atoms with E-state index in [1.807, 2.05) is 6.92 Å². The van der Waals surface area contributed by atoms with Gasteiger partial charge in [-0.2, -0.15) is 0 Å². The minimum atomic E-state index is -0.992. The highest BCUT2D eigenvalue weighted by atomic mass is 16.7. The fraction of sp³-hybridized carbons (Fsp3) is 0.907. The van der Waals surface area contributed by atoms with Crippen molar-refractivity contribution in [3.8, 4) is 0 Å². The maximum atomic E-state index is 12.6. The molecule has 7 fully saturated rings. The number of aliphatic hydroxyl groups excluding tert-OH is 3. The van der Waals surface area contributed by atoms with E-state index in [0.29, 0.717) is 18.4 Å². The first kappa shape index (κ1) is 42.0. The second-order valence-electron chi connectivity index (χ2n) is 19.3. The number of carbonyl (C=O) groups is 2. The van der Waals surface area contributed by atoms with Crippen LogP contribution >= 0.6 is 0 Å². The van der Waals surface area contributed by atoms with E-state index in [9.17, 15) is 30.0 Å². The number of carbonyl (C=O) groups excluding carboxylic acids is 2. The van der Waals surface area contributed by atoms with E-state index >= 15 is 0 Å². The highest BCUT2D eigenvalue weighted by Crippen LogP contribution is 2.70. The van der Waals surface area contributed by atoms with Crippen LogP contribution in [0.1, 0.15) is 119 Å². The Labute approximate surface area is 336 Å². The fourth-order valence-electron chi connectivity index (χ4n) is 13.1. The number of aliphatic hydroxyl groups is 4. The normalized spacial score (nSPS) is 52.6. The van der Waals surface area contributed by atoms with Gasteiger partial charge in [0.1, 0.15) is 31.0 Å². The van der Waals surface area contributed by atoms with Gasteiger partial charge in [-0.15, -0.1) is 0 Å². The lowest BCUT2D eigenvalue weighted by Gasteiger charge is -2.64. The zero-order valence-corrected chi connectivity index (χ0v) is 34.5. The molecule has 0 amide bonds. The molecule has 4 aliphatic carbocycles. The van der Waals surface area contributed by atoms with Crippen molar-refractivity contribution in [2.45, 2.75) is 204 Å². The van der Waals surface area contributed by atoms with E-state index in [2.05, 4.69) is 13.8 Å². The molecule has 4 aliphatic heterocycles. The van der Waals surface area contributed by atoms with Crippen molar-refractivity contribution in [1.82, 2.24) is 0 Å². The monoisotopic (exact) mass is 806 g/mol. The predicted molar refractivity (Wildman–Crippen MR) is 201 cm³/mol. The average Bonchev–Trinajstić information content (AvgIpc) is 3.69. The van der Waals surface area contributed by atoms with Gasteiger partial charge in [-0.1, -0.05) is 13.8 Å². The molecular weight excluding hydrogens is 740 g/mol. The maximum absolute atomic E-state index is 12.6. The van der Waals surface area contributed by atoms with E-state index in [0.717, 1.165) is 63.4 Å². The summed E-state index contributed by atoms with van der Waals surface area (Å²) in [4.78, 5) is 23.5. The van der Waals surface area contributed by atoms with Crippen LogP contribution in [-0.4, -0.2) is 124 Å². The molecule has 0 spiro atoms. The molecule has 14 nitrogen and oxygen atoms in total. The minimum absolute atomic E-state index is 0.0134. The summed E-state index contributed by atoms with van der Waals surface area (Å²) in [6.07, 6.45) is 1.76. The molecule has 1 unspecified atom stereocenters. The first-order valence-electron chi connectivity index (χ1n) is 21.7. The number of hydrogen-bond donors (Lipinski definition) is 4. The minimum Gasteiger partial charge on any atom is -0.459 e. The van der Waals surface area contributed by atoms with Gasteiger partial charge in [-0.3, -0.25) is 4.79 Å². The van der Waals surface area contributed by atoms with E-state index in [1.165, 1.54) is 6.92 Å². The van der Waals surface area contributed by atoms with Gasteiger partial charge in [-0.25, -0.2) is 4.79 Å².